The molecule has 0 saturated heterocycles. The highest BCUT2D eigenvalue weighted by Crippen LogP contribution is 2.67. The summed E-state index contributed by atoms with van der Waals surface area (Å²) in [5.41, 5.74) is 1.82. The average molecular weight is 389 g/mol. The number of aliphatic hydroxyl groups is 1. The smallest absolute Gasteiger partial charge is 0.0604 e. The number of hydrogen-bond donors (Lipinski definition) is 1. The largest absolute Gasteiger partial charge is 0.393 e. The first-order chi connectivity index (χ1) is 14.0. The maximum atomic E-state index is 10.4. The zero-order valence-corrected chi connectivity index (χ0v) is 19.1. The molecule has 0 aromatic rings. The Balaban J connectivity index is 1.52. The highest BCUT2D eigenvalue weighted by Gasteiger charge is 2.59. The second-order valence-corrected chi connectivity index (χ2v) is 11.9. The molecule has 0 bridgehead atoms. The molecule has 0 aromatic heterocycles. The number of fused-ring (bicyclic) bond motifs is 5. The van der Waals surface area contributed by atoms with Crippen LogP contribution < -0.4 is 0 Å². The van der Waals surface area contributed by atoms with Gasteiger partial charge in [-0.15, -0.1) is 0 Å². The molecule has 3 saturated carbocycles. The van der Waals surface area contributed by atoms with Gasteiger partial charge in [0.25, 0.3) is 0 Å². The third kappa shape index (κ3) is 3.42. The molecular formula is C27H46O. The second kappa shape index (κ2) is 7.75. The normalized spacial score (nSPS) is 52.8. The van der Waals surface area contributed by atoms with Crippen LogP contribution >= 0.6 is 0 Å². The van der Waals surface area contributed by atoms with Gasteiger partial charge in [-0.3, -0.25) is 0 Å². The fraction of sp³-hybridized carbons (Fsp3) is 0.926. The van der Waals surface area contributed by atoms with E-state index >= 15 is 0 Å². The van der Waals surface area contributed by atoms with Gasteiger partial charge in [0.2, 0.25) is 0 Å². The van der Waals surface area contributed by atoms with E-state index < -0.39 is 12.5 Å². The summed E-state index contributed by atoms with van der Waals surface area (Å²) in [6.07, 6.45) is 11.9. The van der Waals surface area contributed by atoms with E-state index in [0.29, 0.717) is 24.2 Å². The molecular weight excluding hydrogens is 340 g/mol. The van der Waals surface area contributed by atoms with E-state index in [1.54, 1.807) is 0 Å². The Morgan fingerprint density at radius 3 is 2.68 bits per heavy atom. The molecule has 1 nitrogen and oxygen atoms in total. The first kappa shape index (κ1) is 18.5. The zero-order valence-electron chi connectivity index (χ0n) is 21.1. The van der Waals surface area contributed by atoms with Crippen LogP contribution in [0.4, 0.5) is 0 Å². The third-order valence-electron chi connectivity index (χ3n) is 9.96. The van der Waals surface area contributed by atoms with E-state index in [0.717, 1.165) is 36.0 Å². The Kier molecular flexibility index (Phi) is 5.11. The van der Waals surface area contributed by atoms with E-state index in [-0.39, 0.29) is 5.41 Å². The van der Waals surface area contributed by atoms with E-state index in [9.17, 15) is 5.11 Å². The van der Waals surface area contributed by atoms with E-state index in [1.807, 2.05) is 0 Å². The quantitative estimate of drug-likeness (QED) is 0.487. The van der Waals surface area contributed by atoms with Crippen LogP contribution in [0, 0.1) is 46.3 Å². The molecule has 4 aliphatic carbocycles. The van der Waals surface area contributed by atoms with E-state index in [4.69, 9.17) is 2.74 Å². The van der Waals surface area contributed by atoms with Gasteiger partial charge in [-0.1, -0.05) is 65.5 Å². The zero-order chi connectivity index (χ0) is 21.9. The van der Waals surface area contributed by atoms with Crippen molar-refractivity contribution in [3.05, 3.63) is 11.6 Å². The third-order valence-corrected chi connectivity index (χ3v) is 9.96. The summed E-state index contributed by atoms with van der Waals surface area (Å²) in [7, 11) is 0. The molecule has 1 N–H and O–H groups in total. The summed E-state index contributed by atoms with van der Waals surface area (Å²) in [6.45, 7) is 12.2. The lowest BCUT2D eigenvalue weighted by atomic mass is 9.47. The molecule has 0 heterocycles. The predicted octanol–water partition coefficient (Wildman–Crippen LogP) is 7.39. The van der Waals surface area contributed by atoms with Crippen LogP contribution in [0.1, 0.15) is 108 Å². The summed E-state index contributed by atoms with van der Waals surface area (Å²) in [4.78, 5) is 0. The van der Waals surface area contributed by atoms with Gasteiger partial charge in [-0.05, 0) is 97.7 Å². The van der Waals surface area contributed by atoms with Gasteiger partial charge in [-0.2, -0.15) is 0 Å². The van der Waals surface area contributed by atoms with Crippen LogP contribution in [0.25, 0.3) is 0 Å². The van der Waals surface area contributed by atoms with Crippen LogP contribution in [0.3, 0.4) is 0 Å². The lowest BCUT2D eigenvalue weighted by Gasteiger charge is -2.58. The maximum Gasteiger partial charge on any atom is 0.0604 e. The topological polar surface area (TPSA) is 20.2 Å². The van der Waals surface area contributed by atoms with Crippen molar-refractivity contribution in [2.24, 2.45) is 46.3 Å². The van der Waals surface area contributed by atoms with E-state index in [1.165, 1.54) is 50.5 Å². The monoisotopic (exact) mass is 388 g/mol. The first-order valence-electron chi connectivity index (χ1n) is 13.4. The molecule has 3 fully saturated rings. The maximum absolute atomic E-state index is 10.4. The molecule has 0 radical (unpaired) electrons. The van der Waals surface area contributed by atoms with Gasteiger partial charge in [0.15, 0.2) is 0 Å². The standard InChI is InChI=1S/C27H46O/c1-18(2)7-6-8-19(3)23-11-12-24-22-10-9-20-17-21(28)13-15-26(20,4)25(22)14-16-27(23,24)5/h9,18-19,21-25,28H,6-8,10-17H2,1-5H3/t19-,21+,22+,23-,24+,25+,26+,27-/m1/s1/i13D,21D/t13-,19-,21+,22+,23-,24+,25+,26+,27-. The van der Waals surface area contributed by atoms with Gasteiger partial charge in [0.1, 0.15) is 0 Å². The molecule has 0 amide bonds. The number of hydrogen-bond acceptors (Lipinski definition) is 1. The molecule has 28 heavy (non-hydrogen) atoms. The van der Waals surface area contributed by atoms with Gasteiger partial charge >= 0.3 is 0 Å². The van der Waals surface area contributed by atoms with E-state index in [2.05, 4.69) is 40.7 Å². The van der Waals surface area contributed by atoms with Crippen molar-refractivity contribution in [2.75, 3.05) is 0 Å². The van der Waals surface area contributed by atoms with Crippen LogP contribution in [-0.2, 0) is 0 Å². The number of allylic oxidation sites excluding steroid dienone is 1. The fourth-order valence-corrected chi connectivity index (χ4v) is 8.34. The van der Waals surface area contributed by atoms with Gasteiger partial charge in [0, 0.05) is 1.37 Å². The van der Waals surface area contributed by atoms with Crippen molar-refractivity contribution in [1.82, 2.24) is 0 Å². The van der Waals surface area contributed by atoms with Crippen molar-refractivity contribution < 1.29 is 7.85 Å². The Hall–Kier alpha value is -0.300. The SMILES string of the molecule is [2H][C@@H]1C[C@@]2(C)C(=CC[C@H]3[C@@H]4CC[C@H]([C@H](C)CCCC(C)C)[C@@]4(C)CC[C@@H]32)C[C@@]1([2H])O. The molecule has 0 spiro atoms. The molecule has 9 atom stereocenters. The minimum atomic E-state index is -1.59. The van der Waals surface area contributed by atoms with Crippen molar-refractivity contribution in [3.63, 3.8) is 0 Å². The molecule has 0 aliphatic heterocycles. The summed E-state index contributed by atoms with van der Waals surface area (Å²) in [5.74, 6) is 4.75. The molecule has 4 aliphatic rings. The van der Waals surface area contributed by atoms with Crippen molar-refractivity contribution >= 4 is 0 Å². The molecule has 4 rings (SSSR count). The van der Waals surface area contributed by atoms with Gasteiger partial charge in [0.05, 0.1) is 7.45 Å². The van der Waals surface area contributed by atoms with Crippen LogP contribution in [0.15, 0.2) is 11.6 Å². The lowest BCUT2D eigenvalue weighted by molar-refractivity contribution is -0.0573. The second-order valence-electron chi connectivity index (χ2n) is 11.9. The summed E-state index contributed by atoms with van der Waals surface area (Å²) >= 11 is 0. The van der Waals surface area contributed by atoms with Gasteiger partial charge < -0.3 is 5.11 Å². The Morgan fingerprint density at radius 2 is 1.93 bits per heavy atom. The Bertz CT molecular complexity index is 670. The molecule has 160 valence electrons. The molecule has 0 aromatic carbocycles. The summed E-state index contributed by atoms with van der Waals surface area (Å²) < 4.78 is 16.6. The Labute approximate surface area is 177 Å². The van der Waals surface area contributed by atoms with Crippen LogP contribution in [0.2, 0.25) is 0 Å². The van der Waals surface area contributed by atoms with Crippen molar-refractivity contribution in [2.45, 2.75) is 111 Å². The van der Waals surface area contributed by atoms with Crippen molar-refractivity contribution in [3.8, 4) is 0 Å². The number of rotatable bonds is 5. The lowest BCUT2D eigenvalue weighted by Crippen LogP contribution is -2.50. The summed E-state index contributed by atoms with van der Waals surface area (Å²) in [5, 5.41) is 10.4. The molecule has 0 unspecified atom stereocenters. The summed E-state index contributed by atoms with van der Waals surface area (Å²) in [6, 6.07) is 0. The minimum absolute atomic E-state index is 0.0326. The predicted molar refractivity (Wildman–Crippen MR) is 119 cm³/mol. The van der Waals surface area contributed by atoms with Crippen LogP contribution in [0.5, 0.6) is 0 Å². The minimum Gasteiger partial charge on any atom is -0.393 e. The highest BCUT2D eigenvalue weighted by atomic mass is 16.3. The highest BCUT2D eigenvalue weighted by molar-refractivity contribution is 5.25. The fourth-order valence-electron chi connectivity index (χ4n) is 8.34. The average Bonchev–Trinajstić information content (AvgIpc) is 3.00. The first-order valence-corrected chi connectivity index (χ1v) is 12.3. The molecule has 1 heteroatoms. The van der Waals surface area contributed by atoms with Crippen molar-refractivity contribution in [1.29, 1.82) is 0 Å². The van der Waals surface area contributed by atoms with Crippen LogP contribution in [-0.4, -0.2) is 11.2 Å². The Morgan fingerprint density at radius 1 is 1.14 bits per heavy atom. The van der Waals surface area contributed by atoms with Gasteiger partial charge in [-0.25, -0.2) is 0 Å².